The van der Waals surface area contributed by atoms with Gasteiger partial charge < -0.3 is 17.5 Å². The van der Waals surface area contributed by atoms with Crippen LogP contribution >= 0.6 is 0 Å². The second-order valence-corrected chi connectivity index (χ2v) is 24.7. The topological polar surface area (TPSA) is 23.1 Å². The van der Waals surface area contributed by atoms with Crippen molar-refractivity contribution in [2.75, 3.05) is 0 Å². The van der Waals surface area contributed by atoms with Crippen LogP contribution in [0.15, 0.2) is 78.9 Å². The average molecular weight is 733 g/mol. The Morgan fingerprint density at radius 2 is 1.04 bits per heavy atom. The second-order valence-electron chi connectivity index (χ2n) is 15.3. The molecule has 0 N–H and O–H groups in total. The second kappa shape index (κ2) is 18.0. The van der Waals surface area contributed by atoms with Gasteiger partial charge >= 0.3 is 41.9 Å². The number of halogens is 1. The van der Waals surface area contributed by atoms with Gasteiger partial charge in [0.2, 0.25) is 0 Å². The molecule has 0 fully saturated rings. The summed E-state index contributed by atoms with van der Waals surface area (Å²) in [5, 5.41) is 17.4. The van der Waals surface area contributed by atoms with Gasteiger partial charge in [-0.05, 0) is 28.2 Å². The maximum absolute atomic E-state index is 11.7. The van der Waals surface area contributed by atoms with Crippen LogP contribution in [0.2, 0.25) is 13.1 Å². The molecule has 46 heavy (non-hydrogen) atoms. The predicted octanol–water partition coefficient (Wildman–Crippen LogP) is 9.12. The van der Waals surface area contributed by atoms with E-state index in [1.165, 1.54) is 49.4 Å². The third-order valence-corrected chi connectivity index (χ3v) is 7.76. The summed E-state index contributed by atoms with van der Waals surface area (Å²) in [7, 11) is 0. The Hall–Kier alpha value is -1.93. The Balaban J connectivity index is 0.000000323. The summed E-state index contributed by atoms with van der Waals surface area (Å²) in [6, 6.07) is 27.9. The molecule has 0 saturated carbocycles. The summed E-state index contributed by atoms with van der Waals surface area (Å²) in [5.74, 6) is 1.38. The molecule has 5 aromatic carbocycles. The molecular formula is C42H57ClOSiZr-2. The Morgan fingerprint density at radius 1 is 0.652 bits per heavy atom. The fraction of sp³-hybridized carbons (Fsp3) is 0.429. The third kappa shape index (κ3) is 12.6. The number of hydrogen-bond acceptors (Lipinski definition) is 1. The van der Waals surface area contributed by atoms with E-state index in [-0.39, 0.29) is 34.4 Å². The van der Waals surface area contributed by atoms with Crippen molar-refractivity contribution in [2.45, 2.75) is 119 Å². The molecule has 0 saturated heterocycles. The van der Waals surface area contributed by atoms with E-state index in [2.05, 4.69) is 163 Å². The van der Waals surface area contributed by atoms with Crippen LogP contribution in [-0.4, -0.2) is 5.43 Å². The Kier molecular flexibility index (Phi) is 16.5. The molecule has 0 radical (unpaired) electrons. The van der Waals surface area contributed by atoms with Gasteiger partial charge in [-0.15, -0.1) is 74.8 Å². The molecule has 5 rings (SSSR count). The standard InChI is InChI=1S/C14H22O.2C13H15.C2H6Si.ClH.Zr/c1-13(2,3)10-7-8-12(15)11(9-10)14(4,5)6;2*1-9(2)12-6-4-5-11-7-10(3)8-13(11)12;1-3-2;;/h7-9,15H,1-6H3;2*4-9H,1-3H3;1-2H3;1H;/q;2*-1;;;+2/p-2. The first-order valence-corrected chi connectivity index (χ1v) is 22.6. The van der Waals surface area contributed by atoms with Crippen LogP contribution in [0.1, 0.15) is 114 Å². The zero-order valence-electron chi connectivity index (χ0n) is 30.9. The van der Waals surface area contributed by atoms with Crippen molar-refractivity contribution >= 4 is 27.0 Å². The molecule has 0 amide bonds. The van der Waals surface area contributed by atoms with E-state index in [1.54, 1.807) is 29.4 Å². The summed E-state index contributed by atoms with van der Waals surface area (Å²) < 4.78 is 0. The minimum atomic E-state index is -0.0711. The molecule has 0 bridgehead atoms. The fourth-order valence-electron chi connectivity index (χ4n) is 5.41. The van der Waals surface area contributed by atoms with Gasteiger partial charge in [-0.2, -0.15) is 12.1 Å². The van der Waals surface area contributed by atoms with Gasteiger partial charge in [0.25, 0.3) is 0 Å². The Morgan fingerprint density at radius 3 is 1.37 bits per heavy atom. The Bertz CT molecular complexity index is 1600. The SMILES string of the molecule is CC(C)(C)c1ccc([O-])c(C(C)(C)C)c1.C[Si](C)=[Zr+2].Cc1cc2c(C(C)C)cccc2[cH-]1.Cc1cc2c(C(C)C)cccc2[cH-]1.[Cl-]. The molecule has 1 nitrogen and oxygen atoms in total. The van der Waals surface area contributed by atoms with E-state index in [1.807, 2.05) is 6.07 Å². The predicted molar refractivity (Wildman–Crippen MR) is 198 cm³/mol. The molecule has 0 aliphatic rings. The van der Waals surface area contributed by atoms with Gasteiger partial charge in [-0.25, -0.2) is 0 Å². The monoisotopic (exact) mass is 730 g/mol. The number of fused-ring (bicyclic) bond motifs is 2. The summed E-state index contributed by atoms with van der Waals surface area (Å²) in [6.45, 7) is 30.7. The molecule has 4 heteroatoms. The van der Waals surface area contributed by atoms with Crippen LogP contribution in [0, 0.1) is 13.8 Å². The van der Waals surface area contributed by atoms with Crippen molar-refractivity contribution in [1.29, 1.82) is 0 Å². The van der Waals surface area contributed by atoms with Crippen molar-refractivity contribution in [1.82, 2.24) is 0 Å². The smallest absolute Gasteiger partial charge is 0.0308 e. The minimum Gasteiger partial charge on any atom is -1.00 e. The van der Waals surface area contributed by atoms with Gasteiger partial charge in [0, 0.05) is 0 Å². The number of aryl methyl sites for hydroxylation is 2. The zero-order chi connectivity index (χ0) is 34.3. The molecule has 0 heterocycles. The van der Waals surface area contributed by atoms with E-state index in [0.29, 0.717) is 11.8 Å². The maximum atomic E-state index is 11.7. The minimum absolute atomic E-state index is 0. The van der Waals surface area contributed by atoms with E-state index in [0.717, 1.165) is 5.56 Å². The summed E-state index contributed by atoms with van der Waals surface area (Å²) in [5.41, 5.74) is 8.04. The van der Waals surface area contributed by atoms with Gasteiger partial charge in [0.05, 0.1) is 0 Å². The van der Waals surface area contributed by atoms with Crippen molar-refractivity contribution in [3.05, 3.63) is 112 Å². The van der Waals surface area contributed by atoms with E-state index < -0.39 is 0 Å². The summed E-state index contributed by atoms with van der Waals surface area (Å²) >= 11 is 1.74. The van der Waals surface area contributed by atoms with Gasteiger partial charge in [0.1, 0.15) is 0 Å². The molecule has 5 aromatic rings. The normalized spacial score (nSPS) is 11.3. The quantitative estimate of drug-likeness (QED) is 0.131. The maximum Gasteiger partial charge on any atom is -0.0308 e. The molecule has 0 unspecified atom stereocenters. The molecule has 0 aromatic heterocycles. The first-order chi connectivity index (χ1) is 20.7. The van der Waals surface area contributed by atoms with Crippen molar-refractivity contribution in [3.63, 3.8) is 0 Å². The van der Waals surface area contributed by atoms with Gasteiger partial charge in [0.15, 0.2) is 0 Å². The van der Waals surface area contributed by atoms with Crippen LogP contribution in [0.3, 0.4) is 0 Å². The summed E-state index contributed by atoms with van der Waals surface area (Å²) in [6.07, 6.45) is 0. The first-order valence-electron chi connectivity index (χ1n) is 16.4. The van der Waals surface area contributed by atoms with Crippen LogP contribution in [0.25, 0.3) is 21.5 Å². The molecule has 0 aliphatic carbocycles. The van der Waals surface area contributed by atoms with Gasteiger partial charge in [-0.1, -0.05) is 130 Å². The Labute approximate surface area is 302 Å². The molecule has 248 valence electrons. The van der Waals surface area contributed by atoms with Crippen LogP contribution in [0.5, 0.6) is 5.75 Å². The number of rotatable bonds is 2. The van der Waals surface area contributed by atoms with Crippen LogP contribution in [-0.2, 0) is 34.2 Å². The number of hydrogen-bond donors (Lipinski definition) is 0. The largest absolute Gasteiger partial charge is 1.00 e. The summed E-state index contributed by atoms with van der Waals surface area (Å²) in [4.78, 5) is 0. The first kappa shape index (κ1) is 42.1. The third-order valence-electron chi connectivity index (χ3n) is 7.76. The van der Waals surface area contributed by atoms with Crippen molar-refractivity contribution in [3.8, 4) is 5.75 Å². The molecule has 0 atom stereocenters. The van der Waals surface area contributed by atoms with Crippen molar-refractivity contribution in [2.24, 2.45) is 0 Å². The molecule has 0 spiro atoms. The van der Waals surface area contributed by atoms with Gasteiger partial charge in [-0.3, -0.25) is 0 Å². The average Bonchev–Trinajstić information content (AvgIpc) is 3.48. The van der Waals surface area contributed by atoms with E-state index in [9.17, 15) is 5.11 Å². The zero-order valence-corrected chi connectivity index (χ0v) is 35.2. The fourth-order valence-corrected chi connectivity index (χ4v) is 5.41. The van der Waals surface area contributed by atoms with Crippen LogP contribution < -0.4 is 17.5 Å². The van der Waals surface area contributed by atoms with E-state index >= 15 is 0 Å². The van der Waals surface area contributed by atoms with E-state index in [4.69, 9.17) is 0 Å². The molecule has 0 aliphatic heterocycles. The molecular weight excluding hydrogens is 675 g/mol. The van der Waals surface area contributed by atoms with Crippen LogP contribution in [0.4, 0.5) is 0 Å². The van der Waals surface area contributed by atoms with Crippen molar-refractivity contribution < 1.29 is 40.8 Å². The number of benzene rings is 3.